The molecule has 0 aliphatic rings. The van der Waals surface area contributed by atoms with Gasteiger partial charge in [-0.1, -0.05) is 0 Å². The van der Waals surface area contributed by atoms with Gasteiger partial charge in [-0.15, -0.1) is 0 Å². The predicted molar refractivity (Wildman–Crippen MR) is 54.4 cm³/mol. The van der Waals surface area contributed by atoms with Crippen molar-refractivity contribution in [3.8, 4) is 0 Å². The molecule has 1 aromatic heterocycles. The van der Waals surface area contributed by atoms with Gasteiger partial charge in [-0.25, -0.2) is 9.59 Å². The third kappa shape index (κ3) is 3.59. The molecule has 1 rings (SSSR count). The molecular formula is C7H6BFN4O4. The Morgan fingerprint density at radius 2 is 2.29 bits per heavy atom. The van der Waals surface area contributed by atoms with E-state index in [1.165, 1.54) is 0 Å². The molecule has 88 valence electrons. The van der Waals surface area contributed by atoms with Gasteiger partial charge in [0.1, 0.15) is 12.5 Å². The Balaban J connectivity index is 2.73. The van der Waals surface area contributed by atoms with E-state index in [9.17, 15) is 18.8 Å². The highest BCUT2D eigenvalue weighted by Gasteiger charge is 2.06. The van der Waals surface area contributed by atoms with Gasteiger partial charge < -0.3 is 10.1 Å². The Hall–Kier alpha value is -2.39. The Kier molecular flexibility index (Phi) is 3.80. The highest BCUT2D eigenvalue weighted by molar-refractivity contribution is 6.56. The minimum Gasteiger partial charge on any atom is -0.408 e. The summed E-state index contributed by atoms with van der Waals surface area (Å²) < 4.78 is 17.6. The fourth-order valence-corrected chi connectivity index (χ4v) is 0.886. The van der Waals surface area contributed by atoms with Crippen LogP contribution in [0.5, 0.6) is 0 Å². The first kappa shape index (κ1) is 12.7. The maximum atomic E-state index is 12.8. The third-order valence-corrected chi connectivity index (χ3v) is 1.56. The topological polar surface area (TPSA) is 117 Å². The zero-order valence-corrected chi connectivity index (χ0v) is 8.32. The minimum atomic E-state index is -1.17. The van der Waals surface area contributed by atoms with Crippen LogP contribution < -0.4 is 16.6 Å². The molecule has 8 nitrogen and oxygen atoms in total. The summed E-state index contributed by atoms with van der Waals surface area (Å²) in [4.78, 5) is 34.3. The molecule has 0 aliphatic carbocycles. The zero-order chi connectivity index (χ0) is 13.0. The Morgan fingerprint density at radius 1 is 1.65 bits per heavy atom. The third-order valence-electron chi connectivity index (χ3n) is 1.56. The van der Waals surface area contributed by atoms with Crippen molar-refractivity contribution < 1.29 is 13.9 Å². The number of nitrogens with one attached hydrogen (secondary N) is 3. The van der Waals surface area contributed by atoms with Crippen LogP contribution in [0.15, 0.2) is 15.8 Å². The van der Waals surface area contributed by atoms with Crippen molar-refractivity contribution >= 4 is 19.7 Å². The average molecular weight is 240 g/mol. The lowest BCUT2D eigenvalue weighted by molar-refractivity contribution is 0.195. The maximum Gasteiger partial charge on any atom is 0.414 e. The number of aromatic nitrogens is 2. The number of halogens is 1. The number of carbonyl (C=O) groups is 1. The van der Waals surface area contributed by atoms with E-state index in [0.717, 1.165) is 0 Å². The molecule has 1 aromatic rings. The van der Waals surface area contributed by atoms with Crippen LogP contribution in [0.4, 0.5) is 9.18 Å². The Labute approximate surface area is 94.3 Å². The average Bonchev–Trinajstić information content (AvgIpc) is 2.20. The van der Waals surface area contributed by atoms with Crippen LogP contribution in [0.25, 0.3) is 0 Å². The van der Waals surface area contributed by atoms with Gasteiger partial charge in [0, 0.05) is 0 Å². The molecule has 2 radical (unpaired) electrons. The summed E-state index contributed by atoms with van der Waals surface area (Å²) in [6.45, 7) is -0.446. The summed E-state index contributed by atoms with van der Waals surface area (Å²) >= 11 is 0. The van der Waals surface area contributed by atoms with E-state index in [4.69, 9.17) is 13.3 Å². The van der Waals surface area contributed by atoms with Crippen molar-refractivity contribution in [1.29, 1.82) is 5.41 Å². The van der Waals surface area contributed by atoms with Gasteiger partial charge >= 0.3 is 11.8 Å². The second kappa shape index (κ2) is 5.10. The van der Waals surface area contributed by atoms with Crippen molar-refractivity contribution in [2.24, 2.45) is 0 Å². The minimum absolute atomic E-state index is 0.446. The smallest absolute Gasteiger partial charge is 0.408 e. The van der Waals surface area contributed by atoms with Gasteiger partial charge in [-0.2, -0.15) is 4.39 Å². The van der Waals surface area contributed by atoms with Gasteiger partial charge in [-0.05, 0) is 0 Å². The van der Waals surface area contributed by atoms with Crippen LogP contribution in [-0.4, -0.2) is 29.3 Å². The number of H-pyrrole nitrogens is 1. The normalized spacial score (nSPS) is 9.71. The SMILES string of the molecule is [B]C(=N)OC(=O)NCn1cc(F)c(=O)[nH]c1=O. The van der Waals surface area contributed by atoms with Crippen molar-refractivity contribution in [2.45, 2.75) is 6.67 Å². The summed E-state index contributed by atoms with van der Waals surface area (Å²) in [6.07, 6.45) is -0.467. The maximum absolute atomic E-state index is 12.8. The number of ether oxygens (including phenoxy) is 1. The van der Waals surface area contributed by atoms with Gasteiger partial charge in [0.15, 0.2) is 7.85 Å². The fourth-order valence-electron chi connectivity index (χ4n) is 0.886. The molecule has 0 aliphatic heterocycles. The molecule has 1 heterocycles. The fraction of sp³-hybridized carbons (Fsp3) is 0.143. The van der Waals surface area contributed by atoms with Crippen LogP contribution in [0.3, 0.4) is 0 Å². The second-order valence-electron chi connectivity index (χ2n) is 2.79. The summed E-state index contributed by atoms with van der Waals surface area (Å²) in [5, 5.41) is 8.64. The zero-order valence-electron chi connectivity index (χ0n) is 8.32. The molecule has 3 N–H and O–H groups in total. The molecule has 0 bridgehead atoms. The van der Waals surface area contributed by atoms with E-state index in [-0.39, 0.29) is 0 Å². The Morgan fingerprint density at radius 3 is 2.88 bits per heavy atom. The van der Waals surface area contributed by atoms with Gasteiger partial charge in [0.05, 0.1) is 6.20 Å². The predicted octanol–water partition coefficient (Wildman–Crippen LogP) is -1.54. The van der Waals surface area contributed by atoms with Gasteiger partial charge in [0.25, 0.3) is 5.56 Å². The summed E-state index contributed by atoms with van der Waals surface area (Å²) in [5.74, 6) is -2.01. The van der Waals surface area contributed by atoms with Gasteiger partial charge in [0.2, 0.25) is 5.82 Å². The lowest BCUT2D eigenvalue weighted by Crippen LogP contribution is -2.37. The van der Waals surface area contributed by atoms with E-state index in [0.29, 0.717) is 10.8 Å². The van der Waals surface area contributed by atoms with Crippen molar-refractivity contribution in [2.75, 3.05) is 0 Å². The van der Waals surface area contributed by atoms with Crippen molar-refractivity contribution in [3.05, 3.63) is 32.9 Å². The number of nitrogens with zero attached hydrogens (tertiary/aromatic N) is 1. The van der Waals surface area contributed by atoms with E-state index in [1.807, 2.05) is 5.32 Å². The Bertz CT molecular complexity index is 566. The number of amides is 1. The first-order valence-corrected chi connectivity index (χ1v) is 4.19. The lowest BCUT2D eigenvalue weighted by Gasteiger charge is -2.07. The molecule has 0 atom stereocenters. The number of carbonyl (C=O) groups excluding carboxylic acids is 1. The van der Waals surface area contributed by atoms with Crippen LogP contribution in [0.2, 0.25) is 0 Å². The van der Waals surface area contributed by atoms with Crippen LogP contribution in [0.1, 0.15) is 0 Å². The summed E-state index contributed by atoms with van der Waals surface area (Å²) in [7, 11) is 4.76. The first-order valence-electron chi connectivity index (χ1n) is 4.19. The molecule has 10 heteroatoms. The molecule has 0 fully saturated rings. The number of rotatable bonds is 2. The first-order chi connectivity index (χ1) is 7.90. The number of alkyl carbamates (subject to hydrolysis) is 1. The number of hydrogen-bond donors (Lipinski definition) is 3. The number of aromatic amines is 1. The molecule has 0 unspecified atom stereocenters. The monoisotopic (exact) mass is 240 g/mol. The number of hydrogen-bond acceptors (Lipinski definition) is 5. The molecule has 1 amide bonds. The van der Waals surface area contributed by atoms with Crippen LogP contribution in [0, 0.1) is 11.2 Å². The van der Waals surface area contributed by atoms with E-state index in [1.54, 1.807) is 4.98 Å². The lowest BCUT2D eigenvalue weighted by atomic mass is 10.2. The standard InChI is InChI=1S/C7H6BFN4O4/c8-5(10)17-7(16)11-2-13-1-3(9)4(14)12-6(13)15/h1,10H,2H2,(H,11,16)(H,12,14,15). The van der Waals surface area contributed by atoms with Gasteiger partial charge in [-0.3, -0.25) is 19.8 Å². The highest BCUT2D eigenvalue weighted by Crippen LogP contribution is 1.83. The second-order valence-corrected chi connectivity index (χ2v) is 2.79. The van der Waals surface area contributed by atoms with Crippen molar-refractivity contribution in [3.63, 3.8) is 0 Å². The molecule has 0 saturated carbocycles. The van der Waals surface area contributed by atoms with Crippen molar-refractivity contribution in [1.82, 2.24) is 14.9 Å². The molecule has 0 aromatic carbocycles. The quantitative estimate of drug-likeness (QED) is 0.330. The van der Waals surface area contributed by atoms with E-state index >= 15 is 0 Å². The van der Waals surface area contributed by atoms with Crippen LogP contribution in [-0.2, 0) is 11.4 Å². The van der Waals surface area contributed by atoms with E-state index in [2.05, 4.69) is 4.74 Å². The largest absolute Gasteiger partial charge is 0.414 e. The molecular weight excluding hydrogens is 234 g/mol. The summed E-state index contributed by atoms with van der Waals surface area (Å²) in [5.41, 5.74) is -2.06. The highest BCUT2D eigenvalue weighted by atomic mass is 19.1. The molecule has 17 heavy (non-hydrogen) atoms. The van der Waals surface area contributed by atoms with Crippen LogP contribution >= 0.6 is 0 Å². The summed E-state index contributed by atoms with van der Waals surface area (Å²) in [6, 6.07) is 0. The van der Waals surface area contributed by atoms with E-state index < -0.39 is 35.6 Å². The molecule has 0 saturated heterocycles. The molecule has 0 spiro atoms.